The minimum atomic E-state index is -1.06. The fraction of sp³-hybridized carbons (Fsp3) is 0.417. The highest BCUT2D eigenvalue weighted by Crippen LogP contribution is 2.17. The fourth-order valence-corrected chi connectivity index (χ4v) is 2.22. The first kappa shape index (κ1) is 12.8. The van der Waals surface area contributed by atoms with E-state index in [-0.39, 0.29) is 18.3 Å². The molecule has 3 heterocycles. The molecule has 0 amide bonds. The molecule has 1 atom stereocenters. The Hall–Kier alpha value is -2.19. The van der Waals surface area contributed by atoms with Gasteiger partial charge in [0.05, 0.1) is 25.5 Å². The molecule has 2 aromatic heterocycles. The molecule has 0 aliphatic carbocycles. The molecule has 1 saturated heterocycles. The zero-order valence-corrected chi connectivity index (χ0v) is 10.6. The number of carbonyl (C=O) groups is 1. The second-order valence-electron chi connectivity index (χ2n) is 4.54. The minimum absolute atomic E-state index is 0.0498. The highest BCUT2D eigenvalue weighted by atomic mass is 16.5. The van der Waals surface area contributed by atoms with E-state index in [1.807, 2.05) is 4.90 Å². The van der Waals surface area contributed by atoms with Crippen molar-refractivity contribution in [2.45, 2.75) is 6.10 Å². The fourth-order valence-electron chi connectivity index (χ4n) is 2.22. The molecule has 2 aromatic rings. The average molecular weight is 278 g/mol. The van der Waals surface area contributed by atoms with Crippen LogP contribution in [0.4, 0.5) is 5.82 Å². The quantitative estimate of drug-likeness (QED) is 0.789. The number of anilines is 1. The van der Waals surface area contributed by atoms with Gasteiger partial charge >= 0.3 is 5.97 Å². The number of aliphatic hydroxyl groups excluding tert-OH is 1. The van der Waals surface area contributed by atoms with Crippen LogP contribution in [0.3, 0.4) is 0 Å². The first-order valence-electron chi connectivity index (χ1n) is 6.24. The van der Waals surface area contributed by atoms with E-state index in [0.717, 1.165) is 0 Å². The smallest absolute Gasteiger partial charge is 0.341 e. The first-order chi connectivity index (χ1) is 9.69. The van der Waals surface area contributed by atoms with Crippen molar-refractivity contribution in [2.24, 2.45) is 0 Å². The van der Waals surface area contributed by atoms with E-state index in [2.05, 4.69) is 10.1 Å². The van der Waals surface area contributed by atoms with Crippen LogP contribution in [-0.2, 0) is 4.74 Å². The van der Waals surface area contributed by atoms with E-state index in [0.29, 0.717) is 31.2 Å². The largest absolute Gasteiger partial charge is 0.477 e. The summed E-state index contributed by atoms with van der Waals surface area (Å²) >= 11 is 0. The van der Waals surface area contributed by atoms with Gasteiger partial charge in [-0.05, 0) is 6.07 Å². The zero-order valence-electron chi connectivity index (χ0n) is 10.6. The number of aromatic nitrogens is 3. The van der Waals surface area contributed by atoms with Gasteiger partial charge in [0.25, 0.3) is 0 Å². The van der Waals surface area contributed by atoms with Crippen molar-refractivity contribution in [3.63, 3.8) is 0 Å². The van der Waals surface area contributed by atoms with Crippen LogP contribution in [0, 0.1) is 0 Å². The van der Waals surface area contributed by atoms with Crippen LogP contribution in [0.1, 0.15) is 10.4 Å². The Morgan fingerprint density at radius 1 is 1.55 bits per heavy atom. The van der Waals surface area contributed by atoms with Crippen molar-refractivity contribution >= 4 is 17.4 Å². The average Bonchev–Trinajstić information content (AvgIpc) is 2.90. The summed E-state index contributed by atoms with van der Waals surface area (Å²) in [5.41, 5.74) is 0.376. The Kier molecular flexibility index (Phi) is 3.25. The molecular weight excluding hydrogens is 264 g/mol. The third kappa shape index (κ3) is 2.19. The topological polar surface area (TPSA) is 100 Å². The van der Waals surface area contributed by atoms with Crippen LogP contribution >= 0.6 is 0 Å². The second kappa shape index (κ2) is 5.06. The Morgan fingerprint density at radius 3 is 3.15 bits per heavy atom. The number of carboxylic acids is 1. The summed E-state index contributed by atoms with van der Waals surface area (Å²) in [6.07, 6.45) is 2.71. The molecule has 8 heteroatoms. The number of hydrogen-bond donors (Lipinski definition) is 2. The van der Waals surface area contributed by atoms with E-state index in [1.165, 1.54) is 10.7 Å². The third-order valence-corrected chi connectivity index (χ3v) is 3.25. The number of morpholine rings is 1. The number of fused-ring (bicyclic) bond motifs is 1. The lowest BCUT2D eigenvalue weighted by Gasteiger charge is -2.32. The predicted molar refractivity (Wildman–Crippen MR) is 69.0 cm³/mol. The van der Waals surface area contributed by atoms with Gasteiger partial charge < -0.3 is 19.8 Å². The molecule has 0 radical (unpaired) electrons. The molecule has 106 valence electrons. The van der Waals surface area contributed by atoms with E-state index in [4.69, 9.17) is 14.9 Å². The van der Waals surface area contributed by atoms with E-state index >= 15 is 0 Å². The SMILES string of the molecule is O=C(O)c1cnn2ccc(N3CCO[C@H](CO)C3)nc12. The molecule has 0 aromatic carbocycles. The van der Waals surface area contributed by atoms with Crippen LogP contribution < -0.4 is 4.90 Å². The number of nitrogens with zero attached hydrogens (tertiary/aromatic N) is 4. The number of hydrogen-bond acceptors (Lipinski definition) is 6. The molecule has 0 saturated carbocycles. The molecule has 0 unspecified atom stereocenters. The first-order valence-corrected chi connectivity index (χ1v) is 6.24. The third-order valence-electron chi connectivity index (χ3n) is 3.25. The van der Waals surface area contributed by atoms with E-state index in [1.54, 1.807) is 12.3 Å². The standard InChI is InChI=1S/C12H14N4O4/c17-7-8-6-15(3-4-20-8)10-1-2-16-11(14-10)9(5-13-16)12(18)19/h1-2,5,8,17H,3-4,6-7H2,(H,18,19)/t8-/m0/s1. The molecule has 1 aliphatic rings. The normalized spacial score (nSPS) is 19.4. The van der Waals surface area contributed by atoms with Gasteiger partial charge in [-0.3, -0.25) is 0 Å². The Bertz CT molecular complexity index is 641. The van der Waals surface area contributed by atoms with Crippen LogP contribution in [0.5, 0.6) is 0 Å². The summed E-state index contributed by atoms with van der Waals surface area (Å²) in [6, 6.07) is 1.77. The predicted octanol–water partition coefficient (Wildman–Crippen LogP) is -0.375. The van der Waals surface area contributed by atoms with Crippen molar-refractivity contribution < 1.29 is 19.7 Å². The molecule has 2 N–H and O–H groups in total. The summed E-state index contributed by atoms with van der Waals surface area (Å²) in [6.45, 7) is 1.63. The monoisotopic (exact) mass is 278 g/mol. The van der Waals surface area contributed by atoms with E-state index in [9.17, 15) is 4.79 Å². The maximum atomic E-state index is 11.1. The van der Waals surface area contributed by atoms with Crippen molar-refractivity contribution in [1.29, 1.82) is 0 Å². The number of aliphatic hydroxyl groups is 1. The number of carboxylic acid groups (broad SMARTS) is 1. The number of rotatable bonds is 3. The van der Waals surface area contributed by atoms with Gasteiger partial charge in [-0.15, -0.1) is 0 Å². The van der Waals surface area contributed by atoms with Gasteiger partial charge in [0.2, 0.25) is 0 Å². The van der Waals surface area contributed by atoms with Crippen LogP contribution in [-0.4, -0.2) is 63.2 Å². The summed E-state index contributed by atoms with van der Waals surface area (Å²) in [5.74, 6) is -0.401. The van der Waals surface area contributed by atoms with Crippen molar-refractivity contribution in [2.75, 3.05) is 31.2 Å². The Balaban J connectivity index is 1.95. The molecule has 0 bridgehead atoms. The van der Waals surface area contributed by atoms with Crippen LogP contribution in [0.25, 0.3) is 5.65 Å². The summed E-state index contributed by atoms with van der Waals surface area (Å²) in [7, 11) is 0. The Morgan fingerprint density at radius 2 is 2.40 bits per heavy atom. The number of ether oxygens (including phenoxy) is 1. The van der Waals surface area contributed by atoms with Crippen LogP contribution in [0.2, 0.25) is 0 Å². The number of aromatic carboxylic acids is 1. The van der Waals surface area contributed by atoms with Gasteiger partial charge in [0.1, 0.15) is 11.4 Å². The minimum Gasteiger partial charge on any atom is -0.477 e. The molecule has 1 aliphatic heterocycles. The second-order valence-corrected chi connectivity index (χ2v) is 4.54. The molecule has 8 nitrogen and oxygen atoms in total. The lowest BCUT2D eigenvalue weighted by Crippen LogP contribution is -2.44. The Labute approximate surface area is 114 Å². The van der Waals surface area contributed by atoms with Crippen molar-refractivity contribution in [3.05, 3.63) is 24.0 Å². The summed E-state index contributed by atoms with van der Waals surface area (Å²) < 4.78 is 6.81. The summed E-state index contributed by atoms with van der Waals surface area (Å²) in [4.78, 5) is 17.4. The maximum Gasteiger partial charge on any atom is 0.341 e. The molecule has 20 heavy (non-hydrogen) atoms. The lowest BCUT2D eigenvalue weighted by molar-refractivity contribution is 0.00337. The molecule has 0 spiro atoms. The highest BCUT2D eigenvalue weighted by molar-refractivity contribution is 5.94. The highest BCUT2D eigenvalue weighted by Gasteiger charge is 2.22. The molecule has 3 rings (SSSR count). The molecular formula is C12H14N4O4. The van der Waals surface area contributed by atoms with Gasteiger partial charge in [-0.2, -0.15) is 5.10 Å². The zero-order chi connectivity index (χ0) is 14.1. The van der Waals surface area contributed by atoms with Gasteiger partial charge in [-0.25, -0.2) is 14.3 Å². The van der Waals surface area contributed by atoms with Gasteiger partial charge in [0.15, 0.2) is 5.65 Å². The van der Waals surface area contributed by atoms with Crippen molar-refractivity contribution in [3.8, 4) is 0 Å². The maximum absolute atomic E-state index is 11.1. The van der Waals surface area contributed by atoms with Gasteiger partial charge in [-0.1, -0.05) is 0 Å². The lowest BCUT2D eigenvalue weighted by atomic mass is 10.3. The molecule has 1 fully saturated rings. The van der Waals surface area contributed by atoms with Gasteiger partial charge in [0, 0.05) is 19.3 Å². The summed E-state index contributed by atoms with van der Waals surface area (Å²) in [5, 5.41) is 22.2. The van der Waals surface area contributed by atoms with Crippen molar-refractivity contribution in [1.82, 2.24) is 14.6 Å². The van der Waals surface area contributed by atoms with Crippen LogP contribution in [0.15, 0.2) is 18.5 Å². The van der Waals surface area contributed by atoms with E-state index < -0.39 is 5.97 Å².